The predicted octanol–water partition coefficient (Wildman–Crippen LogP) is 2.65. The average molecular weight is 330 g/mol. The fourth-order valence-corrected chi connectivity index (χ4v) is 3.64. The summed E-state index contributed by atoms with van der Waals surface area (Å²) in [5.41, 5.74) is 1.23. The Labute approximate surface area is 140 Å². The first-order valence-corrected chi connectivity index (χ1v) is 8.92. The van der Waals surface area contributed by atoms with E-state index in [2.05, 4.69) is 32.7 Å². The molecule has 6 heteroatoms. The first-order chi connectivity index (χ1) is 11.3. The number of anilines is 1. The van der Waals surface area contributed by atoms with E-state index in [1.165, 1.54) is 5.56 Å². The van der Waals surface area contributed by atoms with E-state index in [0.29, 0.717) is 19.1 Å². The number of carbonyl (C=O) groups excluding carboxylic acids is 1. The number of rotatable bonds is 6. The van der Waals surface area contributed by atoms with Crippen molar-refractivity contribution < 1.29 is 4.79 Å². The van der Waals surface area contributed by atoms with E-state index >= 15 is 0 Å². The zero-order chi connectivity index (χ0) is 15.9. The van der Waals surface area contributed by atoms with Crippen LogP contribution in [0.25, 0.3) is 0 Å². The summed E-state index contributed by atoms with van der Waals surface area (Å²) in [4.78, 5) is 18.6. The second-order valence-corrected chi connectivity index (χ2v) is 6.55. The summed E-state index contributed by atoms with van der Waals surface area (Å²) in [7, 11) is 0. The van der Waals surface area contributed by atoms with E-state index in [4.69, 9.17) is 0 Å². The molecule has 2 aromatic rings. The molecule has 3 rings (SSSR count). The number of aromatic nitrogens is 1. The highest BCUT2D eigenvalue weighted by atomic mass is 32.1. The van der Waals surface area contributed by atoms with E-state index in [1.807, 2.05) is 29.8 Å². The number of amides is 2. The van der Waals surface area contributed by atoms with E-state index in [9.17, 15) is 4.79 Å². The highest BCUT2D eigenvalue weighted by molar-refractivity contribution is 7.13. The molecule has 2 heterocycles. The van der Waals surface area contributed by atoms with Crippen molar-refractivity contribution in [1.29, 1.82) is 0 Å². The SMILES string of the molecule is O=C(NCCc1ccccc1)NCC1CCCN1c1nccs1. The lowest BCUT2D eigenvalue weighted by Crippen LogP contribution is -2.44. The molecule has 1 aliphatic rings. The number of carbonyl (C=O) groups is 1. The lowest BCUT2D eigenvalue weighted by Gasteiger charge is -2.24. The molecule has 0 spiro atoms. The van der Waals surface area contributed by atoms with Crippen LogP contribution in [-0.4, -0.2) is 36.7 Å². The molecule has 2 N–H and O–H groups in total. The predicted molar refractivity (Wildman–Crippen MR) is 94.0 cm³/mol. The molecule has 1 aromatic heterocycles. The molecule has 0 radical (unpaired) electrons. The number of urea groups is 1. The Morgan fingerprint density at radius 1 is 1.30 bits per heavy atom. The third kappa shape index (κ3) is 4.45. The number of hydrogen-bond acceptors (Lipinski definition) is 4. The number of hydrogen-bond donors (Lipinski definition) is 2. The Morgan fingerprint density at radius 3 is 2.96 bits per heavy atom. The maximum absolute atomic E-state index is 11.9. The lowest BCUT2D eigenvalue weighted by molar-refractivity contribution is 0.240. The summed E-state index contributed by atoms with van der Waals surface area (Å²) >= 11 is 1.66. The first-order valence-electron chi connectivity index (χ1n) is 8.04. The summed E-state index contributed by atoms with van der Waals surface area (Å²) in [5.74, 6) is 0. The highest BCUT2D eigenvalue weighted by Crippen LogP contribution is 2.26. The summed E-state index contributed by atoms with van der Waals surface area (Å²) in [6.45, 7) is 2.34. The Morgan fingerprint density at radius 2 is 2.17 bits per heavy atom. The average Bonchev–Trinajstić information content (AvgIpc) is 3.25. The van der Waals surface area contributed by atoms with Crippen LogP contribution < -0.4 is 15.5 Å². The molecule has 1 saturated heterocycles. The molecule has 1 aliphatic heterocycles. The van der Waals surface area contributed by atoms with Crippen molar-refractivity contribution in [3.63, 3.8) is 0 Å². The zero-order valence-corrected chi connectivity index (χ0v) is 13.9. The fraction of sp³-hybridized carbons (Fsp3) is 0.412. The van der Waals surface area contributed by atoms with Crippen molar-refractivity contribution in [3.8, 4) is 0 Å². The Hall–Kier alpha value is -2.08. The number of thiazole rings is 1. The van der Waals surface area contributed by atoms with Crippen LogP contribution in [0.1, 0.15) is 18.4 Å². The van der Waals surface area contributed by atoms with Crippen molar-refractivity contribution in [1.82, 2.24) is 15.6 Å². The van der Waals surface area contributed by atoms with Crippen molar-refractivity contribution in [2.24, 2.45) is 0 Å². The molecule has 1 aromatic carbocycles. The molecule has 23 heavy (non-hydrogen) atoms. The second-order valence-electron chi connectivity index (χ2n) is 5.68. The molecule has 5 nitrogen and oxygen atoms in total. The third-order valence-electron chi connectivity index (χ3n) is 4.08. The van der Waals surface area contributed by atoms with Crippen LogP contribution in [0, 0.1) is 0 Å². The number of nitrogens with zero attached hydrogens (tertiary/aromatic N) is 2. The summed E-state index contributed by atoms with van der Waals surface area (Å²) in [5, 5.41) is 8.96. The van der Waals surface area contributed by atoms with Crippen molar-refractivity contribution in [3.05, 3.63) is 47.5 Å². The third-order valence-corrected chi connectivity index (χ3v) is 4.89. The minimum Gasteiger partial charge on any atom is -0.343 e. The second kappa shape index (κ2) is 7.97. The van der Waals surface area contributed by atoms with E-state index in [-0.39, 0.29) is 6.03 Å². The molecule has 0 saturated carbocycles. The van der Waals surface area contributed by atoms with Gasteiger partial charge in [0.1, 0.15) is 0 Å². The lowest BCUT2D eigenvalue weighted by atomic mass is 10.1. The fourth-order valence-electron chi connectivity index (χ4n) is 2.90. The molecule has 1 fully saturated rings. The summed E-state index contributed by atoms with van der Waals surface area (Å²) in [6, 6.07) is 10.4. The van der Waals surface area contributed by atoms with Gasteiger partial charge >= 0.3 is 6.03 Å². The molecular formula is C17H22N4OS. The van der Waals surface area contributed by atoms with Crippen molar-refractivity contribution >= 4 is 22.5 Å². The maximum atomic E-state index is 11.9. The van der Waals surface area contributed by atoms with E-state index in [0.717, 1.165) is 30.9 Å². The maximum Gasteiger partial charge on any atom is 0.314 e. The van der Waals surface area contributed by atoms with Crippen LogP contribution in [0.15, 0.2) is 41.9 Å². The summed E-state index contributed by atoms with van der Waals surface area (Å²) < 4.78 is 0. The van der Waals surface area contributed by atoms with Gasteiger partial charge in [-0.25, -0.2) is 9.78 Å². The molecule has 0 bridgehead atoms. The van der Waals surface area contributed by atoms with E-state index in [1.54, 1.807) is 11.3 Å². The number of nitrogens with one attached hydrogen (secondary N) is 2. The molecular weight excluding hydrogens is 308 g/mol. The molecule has 1 unspecified atom stereocenters. The zero-order valence-electron chi connectivity index (χ0n) is 13.1. The quantitative estimate of drug-likeness (QED) is 0.856. The summed E-state index contributed by atoms with van der Waals surface area (Å²) in [6.07, 6.45) is 4.94. The molecule has 2 amide bonds. The van der Waals surface area contributed by atoms with Gasteiger partial charge in [-0.3, -0.25) is 0 Å². The smallest absolute Gasteiger partial charge is 0.314 e. The molecule has 0 aliphatic carbocycles. The van der Waals surface area contributed by atoms with Crippen LogP contribution in [0.4, 0.5) is 9.93 Å². The van der Waals surface area contributed by atoms with Crippen LogP contribution in [0.3, 0.4) is 0 Å². The minimum atomic E-state index is -0.0908. The van der Waals surface area contributed by atoms with Gasteiger partial charge in [0.05, 0.1) is 0 Å². The van der Waals surface area contributed by atoms with Crippen LogP contribution in [-0.2, 0) is 6.42 Å². The molecule has 1 atom stereocenters. The van der Waals surface area contributed by atoms with E-state index < -0.39 is 0 Å². The van der Waals surface area contributed by atoms with Crippen molar-refractivity contribution in [2.45, 2.75) is 25.3 Å². The van der Waals surface area contributed by atoms with Gasteiger partial charge in [-0.2, -0.15) is 0 Å². The first kappa shape index (κ1) is 15.8. The van der Waals surface area contributed by atoms with Gasteiger partial charge in [-0.15, -0.1) is 11.3 Å². The van der Waals surface area contributed by atoms with Gasteiger partial charge in [0.15, 0.2) is 5.13 Å². The van der Waals surface area contributed by atoms with Gasteiger partial charge in [0, 0.05) is 37.3 Å². The highest BCUT2D eigenvalue weighted by Gasteiger charge is 2.26. The van der Waals surface area contributed by atoms with Gasteiger partial charge < -0.3 is 15.5 Å². The number of benzene rings is 1. The van der Waals surface area contributed by atoms with Gasteiger partial charge in [0.2, 0.25) is 0 Å². The van der Waals surface area contributed by atoms with Crippen LogP contribution in [0.5, 0.6) is 0 Å². The normalized spacial score (nSPS) is 17.2. The Kier molecular flexibility index (Phi) is 5.47. The largest absolute Gasteiger partial charge is 0.343 e. The van der Waals surface area contributed by atoms with Gasteiger partial charge in [-0.05, 0) is 24.8 Å². The van der Waals surface area contributed by atoms with Gasteiger partial charge in [0.25, 0.3) is 0 Å². The van der Waals surface area contributed by atoms with Crippen LogP contribution in [0.2, 0.25) is 0 Å². The van der Waals surface area contributed by atoms with Crippen LogP contribution >= 0.6 is 11.3 Å². The molecule has 122 valence electrons. The Balaban J connectivity index is 1.39. The monoisotopic (exact) mass is 330 g/mol. The Bertz CT molecular complexity index is 602. The topological polar surface area (TPSA) is 57.3 Å². The van der Waals surface area contributed by atoms with Gasteiger partial charge in [-0.1, -0.05) is 30.3 Å². The minimum absolute atomic E-state index is 0.0908. The van der Waals surface area contributed by atoms with Crippen molar-refractivity contribution in [2.75, 3.05) is 24.5 Å². The standard InChI is InChI=1S/C17H22N4OS/c22-16(18-9-8-14-5-2-1-3-6-14)20-13-15-7-4-11-21(15)17-19-10-12-23-17/h1-3,5-6,10,12,15H,4,7-9,11,13H2,(H2,18,20,22).